The first-order chi connectivity index (χ1) is 12.1. The molecule has 6 heteroatoms. The number of benzene rings is 1. The number of thiazole rings is 1. The highest BCUT2D eigenvalue weighted by atomic mass is 35.5. The normalized spacial score (nSPS) is 16.7. The average molecular weight is 381 g/mol. The molecule has 25 heavy (non-hydrogen) atoms. The molecule has 1 aliphatic carbocycles. The van der Waals surface area contributed by atoms with Gasteiger partial charge in [-0.15, -0.1) is 0 Å². The molecule has 0 atom stereocenters. The summed E-state index contributed by atoms with van der Waals surface area (Å²) in [5.41, 5.74) is 2.09. The van der Waals surface area contributed by atoms with Crippen LogP contribution in [0.25, 0.3) is 10.2 Å². The molecule has 1 aromatic carbocycles. The first-order valence-corrected chi connectivity index (χ1v) is 10.3. The lowest BCUT2D eigenvalue weighted by Crippen LogP contribution is -2.23. The van der Waals surface area contributed by atoms with Crippen LogP contribution in [0.3, 0.4) is 0 Å². The van der Waals surface area contributed by atoms with Crippen molar-refractivity contribution in [2.75, 3.05) is 13.2 Å². The Morgan fingerprint density at radius 2 is 2.12 bits per heavy atom. The largest absolute Gasteiger partial charge is 0.380 e. The van der Waals surface area contributed by atoms with Gasteiger partial charge in [0.25, 0.3) is 5.91 Å². The fourth-order valence-electron chi connectivity index (χ4n) is 3.44. The highest BCUT2D eigenvalue weighted by Crippen LogP contribution is 2.28. The maximum atomic E-state index is 12.6. The summed E-state index contributed by atoms with van der Waals surface area (Å²) in [5, 5.41) is 0.737. The molecule has 2 aromatic rings. The molecular weight excluding hydrogens is 356 g/mol. The molecule has 1 aliphatic rings. The van der Waals surface area contributed by atoms with Crippen molar-refractivity contribution in [3.63, 3.8) is 0 Å². The van der Waals surface area contributed by atoms with E-state index < -0.39 is 0 Å². The van der Waals surface area contributed by atoms with E-state index in [-0.39, 0.29) is 11.8 Å². The SMILES string of the molecule is CCOCCn1c(=NC(=O)C2CCCCC2)sc2ccc(Cl)c(C)c21. The van der Waals surface area contributed by atoms with Gasteiger partial charge in [-0.25, -0.2) is 0 Å². The van der Waals surface area contributed by atoms with Gasteiger partial charge in [-0.3, -0.25) is 4.79 Å². The summed E-state index contributed by atoms with van der Waals surface area (Å²) in [7, 11) is 0. The molecule has 0 saturated heterocycles. The van der Waals surface area contributed by atoms with Crippen LogP contribution in [-0.4, -0.2) is 23.7 Å². The zero-order valence-corrected chi connectivity index (χ0v) is 16.5. The van der Waals surface area contributed by atoms with Gasteiger partial charge in [0, 0.05) is 24.1 Å². The zero-order chi connectivity index (χ0) is 17.8. The van der Waals surface area contributed by atoms with Gasteiger partial charge < -0.3 is 9.30 Å². The molecule has 0 radical (unpaired) electrons. The maximum absolute atomic E-state index is 12.6. The Kier molecular flexibility index (Phi) is 6.31. The number of fused-ring (bicyclic) bond motifs is 1. The summed E-state index contributed by atoms with van der Waals surface area (Å²) in [5.74, 6) is 0.115. The van der Waals surface area contributed by atoms with E-state index in [1.165, 1.54) is 6.42 Å². The quantitative estimate of drug-likeness (QED) is 0.705. The van der Waals surface area contributed by atoms with Crippen LogP contribution >= 0.6 is 22.9 Å². The Balaban J connectivity index is 2.03. The van der Waals surface area contributed by atoms with Gasteiger partial charge in [-0.05, 0) is 44.4 Å². The fourth-order valence-corrected chi connectivity index (χ4v) is 4.72. The van der Waals surface area contributed by atoms with Gasteiger partial charge in [-0.2, -0.15) is 4.99 Å². The predicted octanol–water partition coefficient (Wildman–Crippen LogP) is 4.71. The van der Waals surface area contributed by atoms with Crippen LogP contribution in [0.2, 0.25) is 5.02 Å². The number of aromatic nitrogens is 1. The van der Waals surface area contributed by atoms with Crippen LogP contribution in [0.5, 0.6) is 0 Å². The minimum absolute atomic E-state index is 0.0279. The molecule has 0 N–H and O–H groups in total. The van der Waals surface area contributed by atoms with Crippen molar-refractivity contribution in [3.05, 3.63) is 27.5 Å². The summed E-state index contributed by atoms with van der Waals surface area (Å²) in [4.78, 5) is 17.9. The van der Waals surface area contributed by atoms with Gasteiger partial charge in [0.05, 0.1) is 16.8 Å². The Bertz CT molecular complexity index is 819. The predicted molar refractivity (Wildman–Crippen MR) is 103 cm³/mol. The van der Waals surface area contributed by atoms with E-state index >= 15 is 0 Å². The van der Waals surface area contributed by atoms with Crippen LogP contribution in [0.1, 0.15) is 44.6 Å². The van der Waals surface area contributed by atoms with Crippen molar-refractivity contribution in [2.45, 2.75) is 52.5 Å². The molecule has 1 amide bonds. The summed E-state index contributed by atoms with van der Waals surface area (Å²) >= 11 is 7.88. The van der Waals surface area contributed by atoms with Gasteiger partial charge in [0.2, 0.25) is 0 Å². The van der Waals surface area contributed by atoms with Crippen LogP contribution in [0.4, 0.5) is 0 Å². The van der Waals surface area contributed by atoms with Crippen LogP contribution in [0.15, 0.2) is 17.1 Å². The molecule has 1 fully saturated rings. The van der Waals surface area contributed by atoms with E-state index in [1.54, 1.807) is 11.3 Å². The summed E-state index contributed by atoms with van der Waals surface area (Å²) in [6, 6.07) is 3.92. The summed E-state index contributed by atoms with van der Waals surface area (Å²) < 4.78 is 8.73. The van der Waals surface area contributed by atoms with Gasteiger partial charge in [0.15, 0.2) is 4.80 Å². The fraction of sp³-hybridized carbons (Fsp3) is 0.579. The monoisotopic (exact) mass is 380 g/mol. The molecular formula is C19H25ClN2O2S. The van der Waals surface area contributed by atoms with E-state index in [0.717, 1.165) is 51.3 Å². The molecule has 136 valence electrons. The number of aryl methyl sites for hydroxylation is 1. The summed E-state index contributed by atoms with van der Waals surface area (Å²) in [6.45, 7) is 5.94. The van der Waals surface area contributed by atoms with Crippen molar-refractivity contribution in [1.29, 1.82) is 0 Å². The van der Waals surface area contributed by atoms with Crippen molar-refractivity contribution in [1.82, 2.24) is 4.57 Å². The standard InChI is InChI=1S/C19H25ClN2O2S/c1-3-24-12-11-22-17-13(2)15(20)9-10-16(17)25-19(22)21-18(23)14-7-5-4-6-8-14/h9-10,14H,3-8,11-12H2,1-2H3. The Hall–Kier alpha value is -1.17. The van der Waals surface area contributed by atoms with E-state index in [1.807, 2.05) is 26.0 Å². The lowest BCUT2D eigenvalue weighted by Gasteiger charge is -2.17. The highest BCUT2D eigenvalue weighted by Gasteiger charge is 2.21. The highest BCUT2D eigenvalue weighted by molar-refractivity contribution is 7.16. The lowest BCUT2D eigenvalue weighted by atomic mass is 9.89. The Labute approximate surface area is 157 Å². The number of amides is 1. The van der Waals surface area contributed by atoms with E-state index in [0.29, 0.717) is 19.8 Å². The number of ether oxygens (including phenoxy) is 1. The Morgan fingerprint density at radius 3 is 2.84 bits per heavy atom. The van der Waals surface area contributed by atoms with Crippen molar-refractivity contribution >= 4 is 39.1 Å². The molecule has 0 bridgehead atoms. The molecule has 0 unspecified atom stereocenters. The second-order valence-corrected chi connectivity index (χ2v) is 7.95. The van der Waals surface area contributed by atoms with Crippen molar-refractivity contribution < 1.29 is 9.53 Å². The van der Waals surface area contributed by atoms with Crippen LogP contribution < -0.4 is 4.80 Å². The third-order valence-electron chi connectivity index (χ3n) is 4.85. The Morgan fingerprint density at radius 1 is 1.36 bits per heavy atom. The minimum atomic E-state index is 0.0279. The number of carbonyl (C=O) groups excluding carboxylic acids is 1. The number of hydrogen-bond acceptors (Lipinski definition) is 3. The molecule has 1 saturated carbocycles. The summed E-state index contributed by atoms with van der Waals surface area (Å²) in [6.07, 6.45) is 5.45. The minimum Gasteiger partial charge on any atom is -0.380 e. The van der Waals surface area contributed by atoms with E-state index in [2.05, 4.69) is 9.56 Å². The molecule has 0 spiro atoms. The van der Waals surface area contributed by atoms with Crippen molar-refractivity contribution in [3.8, 4) is 0 Å². The molecule has 4 nitrogen and oxygen atoms in total. The van der Waals surface area contributed by atoms with Gasteiger partial charge in [0.1, 0.15) is 0 Å². The number of carbonyl (C=O) groups is 1. The van der Waals surface area contributed by atoms with Crippen LogP contribution in [-0.2, 0) is 16.1 Å². The molecule has 1 aromatic heterocycles. The maximum Gasteiger partial charge on any atom is 0.251 e. The topological polar surface area (TPSA) is 43.6 Å². The third kappa shape index (κ3) is 4.15. The van der Waals surface area contributed by atoms with E-state index in [4.69, 9.17) is 16.3 Å². The number of hydrogen-bond donors (Lipinski definition) is 0. The first-order valence-electron chi connectivity index (χ1n) is 9.06. The zero-order valence-electron chi connectivity index (χ0n) is 14.9. The molecule has 3 rings (SSSR count). The van der Waals surface area contributed by atoms with E-state index in [9.17, 15) is 4.79 Å². The molecule has 0 aliphatic heterocycles. The second kappa shape index (κ2) is 8.47. The first kappa shape index (κ1) is 18.6. The second-order valence-electron chi connectivity index (χ2n) is 6.54. The average Bonchev–Trinajstić information content (AvgIpc) is 2.97. The number of halogens is 1. The molecule has 1 heterocycles. The van der Waals surface area contributed by atoms with Crippen LogP contribution in [0, 0.1) is 12.8 Å². The van der Waals surface area contributed by atoms with Gasteiger partial charge >= 0.3 is 0 Å². The number of nitrogens with zero attached hydrogens (tertiary/aromatic N) is 2. The third-order valence-corrected chi connectivity index (χ3v) is 6.31. The lowest BCUT2D eigenvalue weighted by molar-refractivity contribution is -0.122. The van der Waals surface area contributed by atoms with Crippen molar-refractivity contribution in [2.24, 2.45) is 10.9 Å². The number of rotatable bonds is 5. The van der Waals surface area contributed by atoms with Gasteiger partial charge in [-0.1, -0.05) is 42.2 Å². The smallest absolute Gasteiger partial charge is 0.251 e.